The molecule has 0 unspecified atom stereocenters. The van der Waals surface area contributed by atoms with E-state index in [9.17, 15) is 4.79 Å². The van der Waals surface area contributed by atoms with Crippen molar-refractivity contribution in [3.8, 4) is 0 Å². The summed E-state index contributed by atoms with van der Waals surface area (Å²) in [4.78, 5) is 13.8. The molecule has 0 radical (unpaired) electrons. The van der Waals surface area contributed by atoms with E-state index in [1.54, 1.807) is 0 Å². The van der Waals surface area contributed by atoms with Gasteiger partial charge in [-0.05, 0) is 0 Å². The summed E-state index contributed by atoms with van der Waals surface area (Å²) >= 11 is 0. The maximum Gasteiger partial charge on any atom is 0.246 e. The van der Waals surface area contributed by atoms with E-state index < -0.39 is 0 Å². The SMILES string of the molecule is CCc1noc(CNC=O)n1. The van der Waals surface area contributed by atoms with Gasteiger partial charge in [-0.2, -0.15) is 4.98 Å². The molecule has 0 bridgehead atoms. The molecule has 60 valence electrons. The second-order valence-electron chi connectivity index (χ2n) is 1.96. The molecular formula is C6H9N3O2. The van der Waals surface area contributed by atoms with Gasteiger partial charge in [0.2, 0.25) is 12.3 Å². The molecule has 1 amide bonds. The van der Waals surface area contributed by atoms with Crippen molar-refractivity contribution in [3.63, 3.8) is 0 Å². The average Bonchev–Trinajstić information content (AvgIpc) is 2.48. The number of hydrogen-bond acceptors (Lipinski definition) is 4. The second kappa shape index (κ2) is 3.70. The fraction of sp³-hybridized carbons (Fsp3) is 0.500. The molecule has 11 heavy (non-hydrogen) atoms. The van der Waals surface area contributed by atoms with E-state index >= 15 is 0 Å². The minimum absolute atomic E-state index is 0.302. The largest absolute Gasteiger partial charge is 0.350 e. The standard InChI is InChI=1S/C6H9N3O2/c1-2-5-8-6(11-9-5)3-7-4-10/h4H,2-3H2,1H3,(H,7,10). The Hall–Kier alpha value is -1.39. The normalized spacial score (nSPS) is 9.55. The minimum Gasteiger partial charge on any atom is -0.350 e. The molecule has 0 fully saturated rings. The van der Waals surface area contributed by atoms with E-state index in [2.05, 4.69) is 15.5 Å². The van der Waals surface area contributed by atoms with E-state index in [-0.39, 0.29) is 0 Å². The van der Waals surface area contributed by atoms with Gasteiger partial charge < -0.3 is 9.84 Å². The lowest BCUT2D eigenvalue weighted by Crippen LogP contribution is -2.09. The Morgan fingerprint density at radius 2 is 2.55 bits per heavy atom. The molecule has 0 spiro atoms. The number of aryl methyl sites for hydroxylation is 1. The summed E-state index contributed by atoms with van der Waals surface area (Å²) in [5.41, 5.74) is 0. The maximum absolute atomic E-state index is 9.85. The van der Waals surface area contributed by atoms with E-state index in [1.807, 2.05) is 6.92 Å². The minimum atomic E-state index is 0.302. The zero-order chi connectivity index (χ0) is 8.10. The van der Waals surface area contributed by atoms with Crippen molar-refractivity contribution in [2.24, 2.45) is 0 Å². The van der Waals surface area contributed by atoms with Gasteiger partial charge in [-0.25, -0.2) is 0 Å². The number of carbonyl (C=O) groups excluding carboxylic acids is 1. The van der Waals surface area contributed by atoms with Crippen LogP contribution in [0.1, 0.15) is 18.6 Å². The number of nitrogens with zero attached hydrogens (tertiary/aromatic N) is 2. The van der Waals surface area contributed by atoms with Crippen LogP contribution in [0.15, 0.2) is 4.52 Å². The predicted molar refractivity (Wildman–Crippen MR) is 36.6 cm³/mol. The Kier molecular flexibility index (Phi) is 2.59. The van der Waals surface area contributed by atoms with Crippen LogP contribution in [-0.2, 0) is 17.8 Å². The molecule has 1 rings (SSSR count). The number of carbonyl (C=O) groups is 1. The highest BCUT2D eigenvalue weighted by molar-refractivity contribution is 5.45. The first-order valence-electron chi connectivity index (χ1n) is 3.35. The Bertz CT molecular complexity index is 233. The highest BCUT2D eigenvalue weighted by Crippen LogP contribution is 1.96. The van der Waals surface area contributed by atoms with Crippen LogP contribution in [0.5, 0.6) is 0 Å². The van der Waals surface area contributed by atoms with Gasteiger partial charge in [-0.1, -0.05) is 12.1 Å². The first-order valence-corrected chi connectivity index (χ1v) is 3.35. The number of aromatic nitrogens is 2. The molecule has 0 saturated carbocycles. The van der Waals surface area contributed by atoms with Crippen molar-refractivity contribution < 1.29 is 9.32 Å². The smallest absolute Gasteiger partial charge is 0.246 e. The van der Waals surface area contributed by atoms with Crippen LogP contribution in [-0.4, -0.2) is 16.6 Å². The molecule has 5 heteroatoms. The van der Waals surface area contributed by atoms with Crippen LogP contribution < -0.4 is 5.32 Å². The topological polar surface area (TPSA) is 68.0 Å². The highest BCUT2D eigenvalue weighted by atomic mass is 16.5. The lowest BCUT2D eigenvalue weighted by atomic mass is 10.5. The molecule has 0 atom stereocenters. The zero-order valence-electron chi connectivity index (χ0n) is 6.20. The van der Waals surface area contributed by atoms with Gasteiger partial charge in [0, 0.05) is 6.42 Å². The van der Waals surface area contributed by atoms with Crippen molar-refractivity contribution in [1.82, 2.24) is 15.5 Å². The predicted octanol–water partition coefficient (Wildman–Crippen LogP) is -0.122. The lowest BCUT2D eigenvalue weighted by molar-refractivity contribution is -0.109. The number of nitrogens with one attached hydrogen (secondary N) is 1. The first kappa shape index (κ1) is 7.71. The summed E-state index contributed by atoms with van der Waals surface area (Å²) in [7, 11) is 0. The van der Waals surface area contributed by atoms with Crippen molar-refractivity contribution in [2.45, 2.75) is 19.9 Å². The Balaban J connectivity index is 2.50. The van der Waals surface area contributed by atoms with Crippen molar-refractivity contribution in [1.29, 1.82) is 0 Å². The molecule has 0 saturated heterocycles. The molecule has 0 aliphatic rings. The van der Waals surface area contributed by atoms with E-state index in [0.717, 1.165) is 6.42 Å². The molecule has 0 aliphatic heterocycles. The zero-order valence-corrected chi connectivity index (χ0v) is 6.20. The lowest BCUT2D eigenvalue weighted by Gasteiger charge is -1.87. The van der Waals surface area contributed by atoms with Gasteiger partial charge in [0.15, 0.2) is 5.82 Å². The molecular weight excluding hydrogens is 146 g/mol. The van der Waals surface area contributed by atoms with Gasteiger partial charge in [0.1, 0.15) is 0 Å². The number of hydrogen-bond donors (Lipinski definition) is 1. The average molecular weight is 155 g/mol. The van der Waals surface area contributed by atoms with Crippen molar-refractivity contribution >= 4 is 6.41 Å². The monoisotopic (exact) mass is 155 g/mol. The third-order valence-corrected chi connectivity index (χ3v) is 1.16. The third kappa shape index (κ3) is 2.03. The van der Waals surface area contributed by atoms with Gasteiger partial charge in [-0.3, -0.25) is 4.79 Å². The van der Waals surface area contributed by atoms with Crippen molar-refractivity contribution in [2.75, 3.05) is 0 Å². The van der Waals surface area contributed by atoms with Crippen LogP contribution >= 0.6 is 0 Å². The fourth-order valence-electron chi connectivity index (χ4n) is 0.635. The Labute approximate surface area is 63.8 Å². The summed E-state index contributed by atoms with van der Waals surface area (Å²) in [5, 5.41) is 6.07. The molecule has 1 aromatic rings. The number of rotatable bonds is 4. The summed E-state index contributed by atoms with van der Waals surface area (Å²) in [5.74, 6) is 1.10. The van der Waals surface area contributed by atoms with E-state index in [0.29, 0.717) is 24.7 Å². The summed E-state index contributed by atoms with van der Waals surface area (Å²) in [6.07, 6.45) is 1.33. The summed E-state index contributed by atoms with van der Waals surface area (Å²) < 4.78 is 4.78. The molecule has 1 heterocycles. The third-order valence-electron chi connectivity index (χ3n) is 1.16. The molecule has 5 nitrogen and oxygen atoms in total. The van der Waals surface area contributed by atoms with Crippen LogP contribution in [0.2, 0.25) is 0 Å². The van der Waals surface area contributed by atoms with Crippen LogP contribution in [0.4, 0.5) is 0 Å². The van der Waals surface area contributed by atoms with Gasteiger partial charge in [0.25, 0.3) is 0 Å². The molecule has 0 aromatic carbocycles. The van der Waals surface area contributed by atoms with E-state index in [1.165, 1.54) is 0 Å². The second-order valence-corrected chi connectivity index (χ2v) is 1.96. The summed E-state index contributed by atoms with van der Waals surface area (Å²) in [6.45, 7) is 2.23. The van der Waals surface area contributed by atoms with E-state index in [4.69, 9.17) is 4.52 Å². The van der Waals surface area contributed by atoms with Crippen LogP contribution in [0, 0.1) is 0 Å². The molecule has 0 aliphatic carbocycles. The fourth-order valence-corrected chi connectivity index (χ4v) is 0.635. The van der Waals surface area contributed by atoms with Gasteiger partial charge in [0.05, 0.1) is 6.54 Å². The highest BCUT2D eigenvalue weighted by Gasteiger charge is 2.01. The van der Waals surface area contributed by atoms with Gasteiger partial charge in [-0.15, -0.1) is 0 Å². The first-order chi connectivity index (χ1) is 5.36. The van der Waals surface area contributed by atoms with Gasteiger partial charge >= 0.3 is 0 Å². The van der Waals surface area contributed by atoms with Crippen LogP contribution in [0.25, 0.3) is 0 Å². The number of amides is 1. The quantitative estimate of drug-likeness (QED) is 0.615. The van der Waals surface area contributed by atoms with Crippen molar-refractivity contribution in [3.05, 3.63) is 11.7 Å². The molecule has 1 N–H and O–H groups in total. The molecule has 1 aromatic heterocycles. The Morgan fingerprint density at radius 3 is 3.09 bits per heavy atom. The maximum atomic E-state index is 9.85. The van der Waals surface area contributed by atoms with Crippen LogP contribution in [0.3, 0.4) is 0 Å². The Morgan fingerprint density at radius 1 is 1.73 bits per heavy atom. The summed E-state index contributed by atoms with van der Waals surface area (Å²) in [6, 6.07) is 0.